The molecule has 0 bridgehead atoms. The fourth-order valence-corrected chi connectivity index (χ4v) is 4.01. The van der Waals surface area contributed by atoms with Gasteiger partial charge in [-0.05, 0) is 25.5 Å². The summed E-state index contributed by atoms with van der Waals surface area (Å²) in [4.78, 5) is 36.1. The van der Waals surface area contributed by atoms with Crippen LogP contribution in [0.15, 0.2) is 46.8 Å². The maximum Gasteiger partial charge on any atom is 0.336 e. The number of dihydropyridines is 1. The fraction of sp³-hybridized carbons (Fsp3) is 0.429. The predicted octanol–water partition coefficient (Wildman–Crippen LogP) is 3.88. The van der Waals surface area contributed by atoms with Gasteiger partial charge in [0.15, 0.2) is 0 Å². The van der Waals surface area contributed by atoms with Crippen LogP contribution in [0.2, 0.25) is 25.7 Å². The molecule has 0 aliphatic carbocycles. The number of methoxy groups -OCH3 is 1. The van der Waals surface area contributed by atoms with Crippen LogP contribution >= 0.6 is 0 Å². The highest BCUT2D eigenvalue weighted by Crippen LogP contribution is 2.39. The van der Waals surface area contributed by atoms with Crippen molar-refractivity contribution < 1.29 is 24.0 Å². The van der Waals surface area contributed by atoms with Crippen LogP contribution in [0.1, 0.15) is 25.3 Å². The molecule has 1 heterocycles. The second-order valence-corrected chi connectivity index (χ2v) is 14.0. The number of nitrogens with one attached hydrogen (secondary N) is 1. The van der Waals surface area contributed by atoms with Gasteiger partial charge in [0.25, 0.3) is 5.69 Å². The third-order valence-electron chi connectivity index (χ3n) is 4.91. The highest BCUT2D eigenvalue weighted by atomic mass is 28.3. The molecule has 1 atom stereocenters. The third kappa shape index (κ3) is 5.35. The molecule has 1 N–H and O–H groups in total. The molecule has 1 unspecified atom stereocenters. The number of benzene rings is 1. The number of nitrogens with zero attached hydrogens (tertiary/aromatic N) is 1. The number of nitro groups is 1. The lowest BCUT2D eigenvalue weighted by Crippen LogP contribution is -2.32. The average Bonchev–Trinajstić information content (AvgIpc) is 2.65. The predicted molar refractivity (Wildman–Crippen MR) is 116 cm³/mol. The number of non-ortho nitro benzene ring substituents is 1. The molecule has 1 aliphatic rings. The van der Waals surface area contributed by atoms with E-state index in [0.29, 0.717) is 29.1 Å². The first kappa shape index (κ1) is 23.3. The van der Waals surface area contributed by atoms with Crippen molar-refractivity contribution >= 4 is 25.7 Å². The summed E-state index contributed by atoms with van der Waals surface area (Å²) in [5.41, 5.74) is 2.19. The molecule has 9 heteroatoms. The number of rotatable bonds is 7. The summed E-state index contributed by atoms with van der Waals surface area (Å²) < 4.78 is 10.5. The molecule has 0 amide bonds. The van der Waals surface area contributed by atoms with Gasteiger partial charge in [-0.1, -0.05) is 31.8 Å². The van der Waals surface area contributed by atoms with Crippen molar-refractivity contribution in [2.75, 3.05) is 13.7 Å². The lowest BCUT2D eigenvalue weighted by Gasteiger charge is -2.30. The minimum absolute atomic E-state index is 0.0760. The number of hydrogen-bond donors (Lipinski definition) is 1. The summed E-state index contributed by atoms with van der Waals surface area (Å²) in [6, 6.07) is 6.62. The molecule has 0 aromatic heterocycles. The van der Waals surface area contributed by atoms with E-state index < -0.39 is 30.9 Å². The lowest BCUT2D eigenvalue weighted by molar-refractivity contribution is -0.384. The van der Waals surface area contributed by atoms with Gasteiger partial charge in [-0.2, -0.15) is 0 Å². The van der Waals surface area contributed by atoms with Gasteiger partial charge in [0.1, 0.15) is 0 Å². The number of esters is 2. The number of hydrogen-bond acceptors (Lipinski definition) is 7. The van der Waals surface area contributed by atoms with Gasteiger partial charge in [0.05, 0.1) is 35.7 Å². The van der Waals surface area contributed by atoms with Crippen molar-refractivity contribution in [3.63, 3.8) is 0 Å². The Morgan fingerprint density at radius 2 is 1.60 bits per heavy atom. The zero-order chi connectivity index (χ0) is 22.6. The van der Waals surface area contributed by atoms with E-state index in [2.05, 4.69) is 25.0 Å². The second-order valence-electron chi connectivity index (χ2n) is 8.42. The van der Waals surface area contributed by atoms with Crippen molar-refractivity contribution in [1.29, 1.82) is 0 Å². The SMILES string of the molecule is COC(=O)C1=C(C)NC(C)=C(C(=O)OCC[Si](C)(C)C)C1c1ccc([N+](=O)[O-])cc1. The first-order valence-corrected chi connectivity index (χ1v) is 13.4. The van der Waals surface area contributed by atoms with E-state index in [1.165, 1.54) is 19.2 Å². The van der Waals surface area contributed by atoms with Crippen LogP contribution in [-0.4, -0.2) is 38.7 Å². The van der Waals surface area contributed by atoms with Crippen molar-refractivity contribution in [3.8, 4) is 0 Å². The molecule has 8 nitrogen and oxygen atoms in total. The molecule has 0 saturated heterocycles. The fourth-order valence-electron chi connectivity index (χ4n) is 3.29. The molecule has 1 aromatic rings. The first-order valence-electron chi connectivity index (χ1n) is 9.64. The highest BCUT2D eigenvalue weighted by molar-refractivity contribution is 6.76. The Labute approximate surface area is 177 Å². The highest BCUT2D eigenvalue weighted by Gasteiger charge is 2.38. The smallest absolute Gasteiger partial charge is 0.336 e. The Morgan fingerprint density at radius 1 is 1.07 bits per heavy atom. The second kappa shape index (κ2) is 9.25. The summed E-state index contributed by atoms with van der Waals surface area (Å²) in [5.74, 6) is -1.85. The van der Waals surface area contributed by atoms with E-state index >= 15 is 0 Å². The molecule has 1 aromatic carbocycles. The van der Waals surface area contributed by atoms with E-state index in [9.17, 15) is 19.7 Å². The molecule has 30 heavy (non-hydrogen) atoms. The summed E-state index contributed by atoms with van der Waals surface area (Å²) in [5, 5.41) is 14.1. The Kier molecular flexibility index (Phi) is 7.19. The standard InChI is InChI=1S/C21H28N2O6Si/c1-13-17(20(24)28-3)19(15-7-9-16(10-8-15)23(26)27)18(14(2)22-13)21(25)29-11-12-30(4,5)6/h7-10,19,22H,11-12H2,1-6H3. The van der Waals surface area contributed by atoms with Crippen LogP contribution in [0.4, 0.5) is 5.69 Å². The topological polar surface area (TPSA) is 108 Å². The molecule has 162 valence electrons. The molecule has 0 saturated carbocycles. The van der Waals surface area contributed by atoms with Gasteiger partial charge in [-0.3, -0.25) is 10.1 Å². The van der Waals surface area contributed by atoms with Crippen molar-refractivity contribution in [2.24, 2.45) is 0 Å². The zero-order valence-electron chi connectivity index (χ0n) is 18.2. The van der Waals surface area contributed by atoms with Gasteiger partial charge in [-0.25, -0.2) is 9.59 Å². The summed E-state index contributed by atoms with van der Waals surface area (Å²) in [7, 11) is -0.122. The maximum absolute atomic E-state index is 13.0. The van der Waals surface area contributed by atoms with E-state index in [1.807, 2.05) is 0 Å². The van der Waals surface area contributed by atoms with Gasteiger partial charge >= 0.3 is 11.9 Å². The van der Waals surface area contributed by atoms with Crippen molar-refractivity contribution in [1.82, 2.24) is 5.32 Å². The molecular weight excluding hydrogens is 404 g/mol. The van der Waals surface area contributed by atoms with Gasteiger partial charge < -0.3 is 14.8 Å². The van der Waals surface area contributed by atoms with Crippen LogP contribution in [0.25, 0.3) is 0 Å². The summed E-state index contributed by atoms with van der Waals surface area (Å²) in [6.45, 7) is 10.3. The number of allylic oxidation sites excluding steroid dienone is 2. The quantitative estimate of drug-likeness (QED) is 0.301. The van der Waals surface area contributed by atoms with Crippen LogP contribution in [0.5, 0.6) is 0 Å². The van der Waals surface area contributed by atoms with E-state index in [-0.39, 0.29) is 11.3 Å². The summed E-state index contributed by atoms with van der Waals surface area (Å²) >= 11 is 0. The third-order valence-corrected chi connectivity index (χ3v) is 6.61. The molecule has 1 aliphatic heterocycles. The van der Waals surface area contributed by atoms with Gasteiger partial charge in [-0.15, -0.1) is 0 Å². The minimum atomic E-state index is -1.39. The van der Waals surface area contributed by atoms with Crippen LogP contribution in [0.3, 0.4) is 0 Å². The Balaban J connectivity index is 2.48. The summed E-state index contributed by atoms with van der Waals surface area (Å²) in [6.07, 6.45) is 0. The van der Waals surface area contributed by atoms with Crippen LogP contribution in [-0.2, 0) is 19.1 Å². The Morgan fingerprint density at radius 3 is 2.07 bits per heavy atom. The normalized spacial score (nSPS) is 16.8. The molecule has 2 rings (SSSR count). The molecule has 0 radical (unpaired) electrons. The number of ether oxygens (including phenoxy) is 2. The molecular formula is C21H28N2O6Si. The van der Waals surface area contributed by atoms with Crippen molar-refractivity contribution in [3.05, 3.63) is 62.5 Å². The minimum Gasteiger partial charge on any atom is -0.466 e. The number of carbonyl (C=O) groups is 2. The van der Waals surface area contributed by atoms with Gasteiger partial charge in [0, 0.05) is 31.6 Å². The largest absolute Gasteiger partial charge is 0.466 e. The van der Waals surface area contributed by atoms with Crippen LogP contribution < -0.4 is 5.32 Å². The van der Waals surface area contributed by atoms with Gasteiger partial charge in [0.2, 0.25) is 0 Å². The van der Waals surface area contributed by atoms with E-state index in [1.54, 1.807) is 26.0 Å². The Hall–Kier alpha value is -2.94. The molecule has 0 spiro atoms. The average molecular weight is 433 g/mol. The van der Waals surface area contributed by atoms with E-state index in [0.717, 1.165) is 6.04 Å². The van der Waals surface area contributed by atoms with Crippen molar-refractivity contribution in [2.45, 2.75) is 45.5 Å². The van der Waals surface area contributed by atoms with E-state index in [4.69, 9.17) is 9.47 Å². The Bertz CT molecular complexity index is 912. The van der Waals surface area contributed by atoms with Crippen LogP contribution in [0, 0.1) is 10.1 Å². The first-order chi connectivity index (χ1) is 14.0. The lowest BCUT2D eigenvalue weighted by atomic mass is 9.80. The molecule has 0 fully saturated rings. The monoisotopic (exact) mass is 432 g/mol. The zero-order valence-corrected chi connectivity index (χ0v) is 19.2. The number of carbonyl (C=O) groups excluding carboxylic acids is 2. The maximum atomic E-state index is 13.0. The number of nitro benzene ring substituents is 1.